The molecule has 0 radical (unpaired) electrons. The molecule has 2 aromatic heterocycles. The van der Waals surface area contributed by atoms with E-state index < -0.39 is 24.3 Å². The molecule has 4 amide bonds. The number of likely N-dealkylation sites (tertiary alicyclic amines) is 2. The first-order valence-corrected chi connectivity index (χ1v) is 24.3. The number of H-pyrrole nitrogens is 2. The van der Waals surface area contributed by atoms with Crippen molar-refractivity contribution in [2.75, 3.05) is 27.4 Å². The van der Waals surface area contributed by atoms with Crippen molar-refractivity contribution in [2.45, 2.75) is 121 Å². The fraction of sp³-hybridized carbons (Fsp3) is 0.529. The fourth-order valence-corrected chi connectivity index (χ4v) is 12.6. The lowest BCUT2D eigenvalue weighted by Gasteiger charge is -2.36. The number of aromatic amines is 2. The standard InChI is InChI=1S/C51H60N8O8/c1-26(2)43(56-50(62)64-3)48(60)58-38-9-5-7-30(38)21-40(58)46-52-24-37(54-46)29-11-13-33-32(19-29)25-67-42-23-34-28(20-35(33)42)12-14-36-45(34)55-47(53-36)41-22-31-8-6-10-39(31)59(41)49(61)44(57-51(63)65-4)27-15-17-66-18-16-27/h11-14,19-20,23-24,26-27,30-31,38-41,43-44H,5-10,15-18,21-22,25H2,1-4H3,(H,52,54)(H,53,55)(H,56,62)(H,57,63)/t30-,31-,38-,39-,40-,41?,43-,44-/m0/s1. The van der Waals surface area contributed by atoms with Crippen molar-refractivity contribution in [3.8, 4) is 28.1 Å². The third-order valence-corrected chi connectivity index (χ3v) is 15.9. The van der Waals surface area contributed by atoms with Gasteiger partial charge >= 0.3 is 12.2 Å². The first kappa shape index (κ1) is 43.4. The van der Waals surface area contributed by atoms with Gasteiger partial charge in [0.25, 0.3) is 0 Å². The zero-order chi connectivity index (χ0) is 46.1. The molecule has 5 aromatic rings. The predicted molar refractivity (Wildman–Crippen MR) is 249 cm³/mol. The molecule has 67 heavy (non-hydrogen) atoms. The Bertz CT molecular complexity index is 2740. The molecule has 4 aliphatic heterocycles. The maximum atomic E-state index is 14.7. The van der Waals surface area contributed by atoms with Crippen molar-refractivity contribution in [1.29, 1.82) is 0 Å². The van der Waals surface area contributed by atoms with Gasteiger partial charge in [-0.05, 0) is 121 Å². The van der Waals surface area contributed by atoms with Gasteiger partial charge in [0, 0.05) is 36.2 Å². The zero-order valence-corrected chi connectivity index (χ0v) is 38.6. The number of aromatic nitrogens is 4. The topological polar surface area (TPSA) is 193 Å². The lowest BCUT2D eigenvalue weighted by Crippen LogP contribution is -2.55. The van der Waals surface area contributed by atoms with E-state index >= 15 is 0 Å². The molecule has 16 nitrogen and oxygen atoms in total. The number of imidazole rings is 2. The lowest BCUT2D eigenvalue weighted by molar-refractivity contribution is -0.139. The molecule has 0 spiro atoms. The largest absolute Gasteiger partial charge is 0.488 e. The number of carbonyl (C=O) groups excluding carboxylic acids is 4. The van der Waals surface area contributed by atoms with E-state index in [2.05, 4.69) is 63.1 Å². The van der Waals surface area contributed by atoms with Crippen LogP contribution in [0.1, 0.15) is 107 Å². The number of methoxy groups -OCH3 is 2. The molecule has 5 fully saturated rings. The van der Waals surface area contributed by atoms with Gasteiger partial charge in [-0.15, -0.1) is 0 Å². The smallest absolute Gasteiger partial charge is 0.407 e. The lowest BCUT2D eigenvalue weighted by atomic mass is 9.90. The van der Waals surface area contributed by atoms with Gasteiger partial charge in [-0.2, -0.15) is 0 Å². The first-order valence-electron chi connectivity index (χ1n) is 24.3. The SMILES string of the molecule is COC(=O)N[C@H](C(=O)N1[C@H](c2ncc(-c3ccc4c(c3)COc3cc5c(ccc6[nH]c(C7C[C@@H]8CCC[C@@H]8N7C(=O)[C@@H](NC(=O)OC)C7CCOCC7)nc65)cc3-4)[nH]2)C[C@@H]2CCC[C@@H]21)C(C)C. The summed E-state index contributed by atoms with van der Waals surface area (Å²) in [6.45, 7) is 5.38. The molecular weight excluding hydrogens is 853 g/mol. The molecule has 2 aliphatic carbocycles. The van der Waals surface area contributed by atoms with Crippen molar-refractivity contribution in [3.05, 3.63) is 65.9 Å². The Kier molecular flexibility index (Phi) is 11.3. The van der Waals surface area contributed by atoms with E-state index in [-0.39, 0.29) is 47.8 Å². The Morgan fingerprint density at radius 3 is 2.19 bits per heavy atom. The summed E-state index contributed by atoms with van der Waals surface area (Å²) < 4.78 is 22.0. The minimum absolute atomic E-state index is 0.0449. The molecule has 4 N–H and O–H groups in total. The Labute approximate surface area is 389 Å². The third-order valence-electron chi connectivity index (χ3n) is 15.9. The summed E-state index contributed by atoms with van der Waals surface area (Å²) >= 11 is 0. The number of ether oxygens (including phenoxy) is 4. The fourth-order valence-electron chi connectivity index (χ4n) is 12.6. The van der Waals surface area contributed by atoms with Crippen LogP contribution in [0.15, 0.2) is 48.7 Å². The third kappa shape index (κ3) is 7.64. The first-order chi connectivity index (χ1) is 32.6. The molecular formula is C51H60N8O8. The van der Waals surface area contributed by atoms with Gasteiger partial charge in [-0.25, -0.2) is 19.6 Å². The van der Waals surface area contributed by atoms with E-state index in [0.29, 0.717) is 44.5 Å². The summed E-state index contributed by atoms with van der Waals surface area (Å²) in [6.07, 6.45) is 9.84. The van der Waals surface area contributed by atoms with Gasteiger partial charge in [-0.3, -0.25) is 9.59 Å². The average Bonchev–Trinajstić information content (AvgIpc) is 4.21. The summed E-state index contributed by atoms with van der Waals surface area (Å²) in [5.41, 5.74) is 6.72. The minimum Gasteiger partial charge on any atom is -0.488 e. The van der Waals surface area contributed by atoms with Gasteiger partial charge in [0.2, 0.25) is 11.8 Å². The molecule has 3 saturated heterocycles. The van der Waals surface area contributed by atoms with Crippen molar-refractivity contribution in [3.63, 3.8) is 0 Å². The van der Waals surface area contributed by atoms with Gasteiger partial charge in [0.1, 0.15) is 36.1 Å². The second kappa shape index (κ2) is 17.5. The number of carbonyl (C=O) groups is 4. The van der Waals surface area contributed by atoms with Crippen LogP contribution in [0.25, 0.3) is 44.2 Å². The summed E-state index contributed by atoms with van der Waals surface area (Å²) in [6, 6.07) is 13.2. The van der Waals surface area contributed by atoms with Crippen LogP contribution in [-0.2, 0) is 30.4 Å². The van der Waals surface area contributed by atoms with E-state index in [1.165, 1.54) is 14.2 Å². The van der Waals surface area contributed by atoms with E-state index in [4.69, 9.17) is 28.9 Å². The molecule has 16 heteroatoms. The van der Waals surface area contributed by atoms with Crippen LogP contribution in [-0.4, -0.2) is 105 Å². The van der Waals surface area contributed by atoms with E-state index in [9.17, 15) is 19.2 Å². The minimum atomic E-state index is -0.704. The monoisotopic (exact) mass is 912 g/mol. The van der Waals surface area contributed by atoms with Gasteiger partial charge in [0.15, 0.2) is 0 Å². The Morgan fingerprint density at radius 1 is 0.776 bits per heavy atom. The van der Waals surface area contributed by atoms with Gasteiger partial charge in [-0.1, -0.05) is 44.9 Å². The molecule has 2 saturated carbocycles. The Balaban J connectivity index is 0.863. The number of fused-ring (bicyclic) bond motifs is 8. The van der Waals surface area contributed by atoms with Crippen molar-refractivity contribution in [2.24, 2.45) is 23.7 Å². The number of hydrogen-bond acceptors (Lipinski definition) is 10. The Morgan fingerprint density at radius 2 is 1.48 bits per heavy atom. The highest BCUT2D eigenvalue weighted by atomic mass is 16.5. The van der Waals surface area contributed by atoms with Crippen LogP contribution >= 0.6 is 0 Å². The average molecular weight is 913 g/mol. The van der Waals surface area contributed by atoms with E-state index in [1.807, 2.05) is 29.8 Å². The van der Waals surface area contributed by atoms with Crippen molar-refractivity contribution >= 4 is 45.8 Å². The van der Waals surface area contributed by atoms with E-state index in [1.54, 1.807) is 0 Å². The maximum absolute atomic E-state index is 14.7. The maximum Gasteiger partial charge on any atom is 0.407 e. The quantitative estimate of drug-likeness (QED) is 0.112. The van der Waals surface area contributed by atoms with E-state index in [0.717, 1.165) is 119 Å². The van der Waals surface area contributed by atoms with Crippen LogP contribution in [0.2, 0.25) is 0 Å². The normalized spacial score (nSPS) is 25.3. The van der Waals surface area contributed by atoms with Crippen LogP contribution in [0.3, 0.4) is 0 Å². The van der Waals surface area contributed by atoms with Crippen LogP contribution in [0.4, 0.5) is 9.59 Å². The molecule has 11 rings (SSSR count). The Hall–Kier alpha value is -6.16. The number of benzene rings is 3. The summed E-state index contributed by atoms with van der Waals surface area (Å²) in [7, 11) is 2.65. The highest BCUT2D eigenvalue weighted by molar-refractivity contribution is 6.07. The summed E-state index contributed by atoms with van der Waals surface area (Å²) in [5, 5.41) is 7.71. The number of nitrogens with zero attached hydrogens (tertiary/aromatic N) is 4. The second-order valence-corrected chi connectivity index (χ2v) is 19.9. The molecule has 0 bridgehead atoms. The molecule has 6 heterocycles. The highest BCUT2D eigenvalue weighted by Gasteiger charge is 2.51. The number of rotatable bonds is 9. The van der Waals surface area contributed by atoms with Gasteiger partial charge < -0.3 is 49.3 Å². The zero-order valence-electron chi connectivity index (χ0n) is 38.6. The molecule has 352 valence electrons. The molecule has 1 unspecified atom stereocenters. The summed E-state index contributed by atoms with van der Waals surface area (Å²) in [5.74, 6) is 2.74. The number of amides is 4. The van der Waals surface area contributed by atoms with Crippen LogP contribution in [0, 0.1) is 23.7 Å². The predicted octanol–water partition coefficient (Wildman–Crippen LogP) is 8.08. The molecule has 3 aromatic carbocycles. The molecule has 6 aliphatic rings. The van der Waals surface area contributed by atoms with Crippen molar-refractivity contribution < 1.29 is 38.1 Å². The van der Waals surface area contributed by atoms with Gasteiger partial charge in [0.05, 0.1) is 49.2 Å². The van der Waals surface area contributed by atoms with Crippen LogP contribution < -0.4 is 15.4 Å². The molecule has 8 atom stereocenters. The second-order valence-electron chi connectivity index (χ2n) is 19.9. The summed E-state index contributed by atoms with van der Waals surface area (Å²) in [4.78, 5) is 75.3. The number of nitrogens with one attached hydrogen (secondary N) is 4. The van der Waals surface area contributed by atoms with Crippen molar-refractivity contribution in [1.82, 2.24) is 40.4 Å². The number of hydrogen-bond donors (Lipinski definition) is 4. The highest BCUT2D eigenvalue weighted by Crippen LogP contribution is 2.50. The number of alkyl carbamates (subject to hydrolysis) is 2. The van der Waals surface area contributed by atoms with Crippen LogP contribution in [0.5, 0.6) is 5.75 Å².